The Balaban J connectivity index is 1.46. The van der Waals surface area contributed by atoms with E-state index in [1.165, 1.54) is 5.56 Å². The maximum Gasteiger partial charge on any atom is 0.262 e. The van der Waals surface area contributed by atoms with Gasteiger partial charge < -0.3 is 10.2 Å². The molecule has 2 unspecified atom stereocenters. The second kappa shape index (κ2) is 8.87. The van der Waals surface area contributed by atoms with Crippen LogP contribution in [0.3, 0.4) is 0 Å². The Morgan fingerprint density at radius 2 is 1.41 bits per heavy atom. The number of carbonyl (C=O) groups is 1. The van der Waals surface area contributed by atoms with Crippen molar-refractivity contribution in [3.05, 3.63) is 108 Å². The second-order valence-corrected chi connectivity index (χ2v) is 9.01. The Kier molecular flexibility index (Phi) is 5.79. The van der Waals surface area contributed by atoms with Gasteiger partial charge >= 0.3 is 0 Å². The molecule has 0 radical (unpaired) electrons. The Morgan fingerprint density at radius 3 is 2.03 bits per heavy atom. The van der Waals surface area contributed by atoms with Crippen LogP contribution in [0.15, 0.2) is 91.0 Å². The molecule has 2 aliphatic rings. The Hall–Kier alpha value is -2.98. The lowest BCUT2D eigenvalue weighted by atomic mass is 9.80. The predicted molar refractivity (Wildman–Crippen MR) is 125 cm³/mol. The molecule has 2 saturated heterocycles. The van der Waals surface area contributed by atoms with Gasteiger partial charge in [-0.05, 0) is 35.4 Å². The predicted octanol–water partition coefficient (Wildman–Crippen LogP) is 5.23. The molecule has 3 nitrogen and oxygen atoms in total. The maximum atomic E-state index is 16.5. The van der Waals surface area contributed by atoms with E-state index in [2.05, 4.69) is 41.7 Å². The van der Waals surface area contributed by atoms with Crippen LogP contribution in [0.1, 0.15) is 47.4 Å². The first-order chi connectivity index (χ1) is 15.7. The number of carbonyl (C=O) groups excluding carboxylic acids is 1. The maximum absolute atomic E-state index is 16.5. The van der Waals surface area contributed by atoms with E-state index in [0.717, 1.165) is 24.0 Å². The van der Waals surface area contributed by atoms with Crippen LogP contribution in [0.5, 0.6) is 0 Å². The molecule has 3 aromatic rings. The molecule has 0 aromatic heterocycles. The number of rotatable bonds is 4. The summed E-state index contributed by atoms with van der Waals surface area (Å²) in [5.74, 6) is -0.496. The summed E-state index contributed by atoms with van der Waals surface area (Å²) >= 11 is 0. The zero-order chi connectivity index (χ0) is 22.0. The van der Waals surface area contributed by atoms with Gasteiger partial charge in [-0.1, -0.05) is 91.0 Å². The van der Waals surface area contributed by atoms with E-state index in [1.54, 1.807) is 0 Å². The number of likely N-dealkylation sites (tertiary alicyclic amines) is 1. The second-order valence-electron chi connectivity index (χ2n) is 9.01. The molecule has 2 heterocycles. The highest BCUT2D eigenvalue weighted by molar-refractivity contribution is 5.88. The number of hydrogen-bond donors (Lipinski definition) is 1. The molecule has 3 aromatic carbocycles. The summed E-state index contributed by atoms with van der Waals surface area (Å²) in [4.78, 5) is 15.7. The average Bonchev–Trinajstić information content (AvgIpc) is 3.27. The summed E-state index contributed by atoms with van der Waals surface area (Å²) in [5.41, 5.74) is 1.31. The topological polar surface area (TPSA) is 32.3 Å². The normalized spacial score (nSPS) is 27.9. The highest BCUT2D eigenvalue weighted by atomic mass is 19.1. The van der Waals surface area contributed by atoms with Crippen molar-refractivity contribution in [1.82, 2.24) is 10.2 Å². The monoisotopic (exact) mass is 428 g/mol. The van der Waals surface area contributed by atoms with Crippen molar-refractivity contribution in [2.75, 3.05) is 19.6 Å². The van der Waals surface area contributed by atoms with E-state index < -0.39 is 11.6 Å². The van der Waals surface area contributed by atoms with Crippen LogP contribution in [-0.2, 0) is 4.79 Å². The molecule has 4 heteroatoms. The SMILES string of the molecule is O=C(N1CCC(c2ccccc2)CC1c1ccccc1)[C@@]1(F)CNC[C@H]1c1ccccc1. The molecule has 1 N–H and O–H groups in total. The molecular weight excluding hydrogens is 399 g/mol. The van der Waals surface area contributed by atoms with Gasteiger partial charge in [0.15, 0.2) is 0 Å². The van der Waals surface area contributed by atoms with E-state index in [-0.39, 0.29) is 18.5 Å². The van der Waals surface area contributed by atoms with Gasteiger partial charge in [-0.3, -0.25) is 4.79 Å². The molecule has 0 aliphatic carbocycles. The van der Waals surface area contributed by atoms with Crippen LogP contribution >= 0.6 is 0 Å². The number of benzene rings is 3. The van der Waals surface area contributed by atoms with Gasteiger partial charge in [0.1, 0.15) is 0 Å². The third-order valence-corrected chi connectivity index (χ3v) is 7.16. The van der Waals surface area contributed by atoms with Crippen molar-refractivity contribution in [2.24, 2.45) is 0 Å². The number of nitrogens with one attached hydrogen (secondary N) is 1. The highest BCUT2D eigenvalue weighted by Gasteiger charge is 2.53. The first-order valence-corrected chi connectivity index (χ1v) is 11.5. The fraction of sp³-hybridized carbons (Fsp3) is 0.321. The summed E-state index contributed by atoms with van der Waals surface area (Å²) < 4.78 is 16.5. The van der Waals surface area contributed by atoms with Crippen LogP contribution in [0.25, 0.3) is 0 Å². The van der Waals surface area contributed by atoms with Crippen molar-refractivity contribution < 1.29 is 9.18 Å². The largest absolute Gasteiger partial charge is 0.333 e. The van der Waals surface area contributed by atoms with E-state index >= 15 is 4.39 Å². The minimum absolute atomic E-state index is 0.0610. The van der Waals surface area contributed by atoms with E-state index in [1.807, 2.05) is 59.5 Å². The van der Waals surface area contributed by atoms with Gasteiger partial charge in [0.25, 0.3) is 5.91 Å². The molecule has 0 bridgehead atoms. The molecule has 1 amide bonds. The molecule has 4 atom stereocenters. The van der Waals surface area contributed by atoms with Crippen LogP contribution in [0.2, 0.25) is 0 Å². The van der Waals surface area contributed by atoms with Crippen LogP contribution in [-0.4, -0.2) is 36.1 Å². The molecule has 5 rings (SSSR count). The number of amides is 1. The number of hydrogen-bond acceptors (Lipinski definition) is 2. The summed E-state index contributed by atoms with van der Waals surface area (Å²) in [7, 11) is 0. The Labute approximate surface area is 189 Å². The Morgan fingerprint density at radius 1 is 0.844 bits per heavy atom. The van der Waals surface area contributed by atoms with Crippen molar-refractivity contribution in [3.63, 3.8) is 0 Å². The van der Waals surface area contributed by atoms with Gasteiger partial charge in [-0.2, -0.15) is 0 Å². The van der Waals surface area contributed by atoms with Gasteiger partial charge in [-0.15, -0.1) is 0 Å². The summed E-state index contributed by atoms with van der Waals surface area (Å²) in [6, 6.07) is 30.1. The zero-order valence-electron chi connectivity index (χ0n) is 18.2. The summed E-state index contributed by atoms with van der Waals surface area (Å²) in [5, 5.41) is 3.15. The molecule has 0 spiro atoms. The lowest BCUT2D eigenvalue weighted by Crippen LogP contribution is -2.53. The minimum Gasteiger partial charge on any atom is -0.333 e. The van der Waals surface area contributed by atoms with Gasteiger partial charge in [0.2, 0.25) is 5.67 Å². The first kappa shape index (κ1) is 20.9. The van der Waals surface area contributed by atoms with E-state index in [9.17, 15) is 4.79 Å². The number of piperidine rings is 1. The van der Waals surface area contributed by atoms with Crippen LogP contribution in [0, 0.1) is 0 Å². The molecule has 2 aliphatic heterocycles. The minimum atomic E-state index is -1.94. The zero-order valence-corrected chi connectivity index (χ0v) is 18.2. The fourth-order valence-corrected chi connectivity index (χ4v) is 5.44. The Bertz CT molecular complexity index is 1040. The van der Waals surface area contributed by atoms with E-state index in [0.29, 0.717) is 19.0 Å². The van der Waals surface area contributed by atoms with Crippen LogP contribution < -0.4 is 5.32 Å². The van der Waals surface area contributed by atoms with E-state index in [4.69, 9.17) is 0 Å². The standard InChI is InChI=1S/C28H29FN2O/c29-28(20-30-19-25(28)22-12-6-2-7-13-22)27(32)31-17-16-24(21-10-4-1-5-11-21)18-26(31)23-14-8-3-9-15-23/h1-15,24-26,30H,16-20H2/t24?,25-,26?,28+/m0/s1. The number of alkyl halides is 1. The average molecular weight is 429 g/mol. The molecular formula is C28H29FN2O. The van der Waals surface area contributed by atoms with Crippen LogP contribution in [0.4, 0.5) is 4.39 Å². The number of halogens is 1. The lowest BCUT2D eigenvalue weighted by Gasteiger charge is -2.43. The van der Waals surface area contributed by atoms with Gasteiger partial charge in [-0.25, -0.2) is 4.39 Å². The third kappa shape index (κ3) is 3.84. The van der Waals surface area contributed by atoms with Crippen molar-refractivity contribution in [2.45, 2.75) is 36.4 Å². The third-order valence-electron chi connectivity index (χ3n) is 7.16. The van der Waals surface area contributed by atoms with Gasteiger partial charge in [0, 0.05) is 25.6 Å². The highest BCUT2D eigenvalue weighted by Crippen LogP contribution is 2.44. The summed E-state index contributed by atoms with van der Waals surface area (Å²) in [6.45, 7) is 1.10. The van der Waals surface area contributed by atoms with Crippen molar-refractivity contribution in [1.29, 1.82) is 0 Å². The molecule has 0 saturated carbocycles. The quantitative estimate of drug-likeness (QED) is 0.617. The molecule has 2 fully saturated rings. The molecule has 32 heavy (non-hydrogen) atoms. The smallest absolute Gasteiger partial charge is 0.262 e. The fourth-order valence-electron chi connectivity index (χ4n) is 5.44. The van der Waals surface area contributed by atoms with Crippen molar-refractivity contribution >= 4 is 5.91 Å². The van der Waals surface area contributed by atoms with Crippen molar-refractivity contribution in [3.8, 4) is 0 Å². The summed E-state index contributed by atoms with van der Waals surface area (Å²) in [6.07, 6.45) is 1.65. The number of nitrogens with zero attached hydrogens (tertiary/aromatic N) is 1. The lowest BCUT2D eigenvalue weighted by molar-refractivity contribution is -0.148. The first-order valence-electron chi connectivity index (χ1n) is 11.5. The molecule has 164 valence electrons. The van der Waals surface area contributed by atoms with Gasteiger partial charge in [0.05, 0.1) is 6.04 Å².